The Morgan fingerprint density at radius 2 is 1.85 bits per heavy atom. The van der Waals surface area contributed by atoms with Crippen molar-refractivity contribution in [3.05, 3.63) is 16.6 Å². The van der Waals surface area contributed by atoms with Crippen molar-refractivity contribution in [1.29, 1.82) is 0 Å². The summed E-state index contributed by atoms with van der Waals surface area (Å²) in [5, 5.41) is 2.82. The molecule has 1 unspecified atom stereocenters. The maximum atomic E-state index is 12.2. The number of carbonyl (C=O) groups is 1. The zero-order valence-corrected chi connectivity index (χ0v) is 13.4. The first-order chi connectivity index (χ1) is 9.29. The summed E-state index contributed by atoms with van der Waals surface area (Å²) in [6.45, 7) is 6.81. The summed E-state index contributed by atoms with van der Waals surface area (Å²) in [7, 11) is 0. The van der Waals surface area contributed by atoms with Gasteiger partial charge in [0.1, 0.15) is 13.2 Å². The number of hydrogen-bond acceptors (Lipinski definition) is 4. The highest BCUT2D eigenvalue weighted by Gasteiger charge is 2.28. The molecule has 2 rings (SSSR count). The number of carbonyl (C=O) groups excluding carboxylic acids is 1. The molecule has 5 nitrogen and oxygen atoms in total. The molecule has 0 radical (unpaired) electrons. The average Bonchev–Trinajstić information content (AvgIpc) is 2.37. The molecule has 1 atom stereocenters. The van der Waals surface area contributed by atoms with Gasteiger partial charge in [0.2, 0.25) is 5.91 Å². The van der Waals surface area contributed by atoms with E-state index in [0.29, 0.717) is 30.4 Å². The number of ether oxygens (including phenoxy) is 2. The highest BCUT2D eigenvalue weighted by molar-refractivity contribution is 9.10. The van der Waals surface area contributed by atoms with E-state index < -0.39 is 6.04 Å². The van der Waals surface area contributed by atoms with Crippen molar-refractivity contribution >= 4 is 27.5 Å². The lowest BCUT2D eigenvalue weighted by Crippen LogP contribution is -2.45. The SMILES string of the molecule is CC(C)(C)C(N)C(=O)Nc1cc2c(cc1Br)OCCO2. The van der Waals surface area contributed by atoms with Crippen molar-refractivity contribution in [3.8, 4) is 11.5 Å². The minimum atomic E-state index is -0.595. The second-order valence-corrected chi connectivity index (χ2v) is 6.66. The molecule has 20 heavy (non-hydrogen) atoms. The van der Waals surface area contributed by atoms with E-state index in [2.05, 4.69) is 21.2 Å². The average molecular weight is 343 g/mol. The number of fused-ring (bicyclic) bond motifs is 1. The van der Waals surface area contributed by atoms with Crippen LogP contribution in [0.4, 0.5) is 5.69 Å². The number of nitrogens with two attached hydrogens (primary N) is 1. The van der Waals surface area contributed by atoms with Gasteiger partial charge in [-0.3, -0.25) is 4.79 Å². The van der Waals surface area contributed by atoms with Crippen molar-refractivity contribution in [3.63, 3.8) is 0 Å². The third-order valence-corrected chi connectivity index (χ3v) is 3.76. The van der Waals surface area contributed by atoms with Crippen LogP contribution in [0.15, 0.2) is 16.6 Å². The van der Waals surface area contributed by atoms with Gasteiger partial charge in [0.15, 0.2) is 11.5 Å². The van der Waals surface area contributed by atoms with E-state index in [1.165, 1.54) is 0 Å². The Labute approximate surface area is 126 Å². The largest absolute Gasteiger partial charge is 0.486 e. The Bertz CT molecular complexity index is 526. The third-order valence-electron chi connectivity index (χ3n) is 3.11. The number of anilines is 1. The fourth-order valence-corrected chi connectivity index (χ4v) is 2.19. The van der Waals surface area contributed by atoms with Crippen LogP contribution < -0.4 is 20.5 Å². The maximum Gasteiger partial charge on any atom is 0.241 e. The lowest BCUT2D eigenvalue weighted by Gasteiger charge is -2.26. The van der Waals surface area contributed by atoms with Gasteiger partial charge in [0.25, 0.3) is 0 Å². The predicted molar refractivity (Wildman–Crippen MR) is 81.2 cm³/mol. The molecule has 0 saturated carbocycles. The molecular formula is C14H19BrN2O3. The quantitative estimate of drug-likeness (QED) is 0.866. The van der Waals surface area contributed by atoms with E-state index in [9.17, 15) is 4.79 Å². The first kappa shape index (κ1) is 15.1. The van der Waals surface area contributed by atoms with Crippen LogP contribution in [-0.2, 0) is 4.79 Å². The smallest absolute Gasteiger partial charge is 0.241 e. The van der Waals surface area contributed by atoms with E-state index in [1.807, 2.05) is 20.8 Å². The van der Waals surface area contributed by atoms with Crippen molar-refractivity contribution < 1.29 is 14.3 Å². The van der Waals surface area contributed by atoms with Crippen molar-refractivity contribution in [2.75, 3.05) is 18.5 Å². The molecule has 0 bridgehead atoms. The fourth-order valence-electron chi connectivity index (χ4n) is 1.76. The summed E-state index contributed by atoms with van der Waals surface area (Å²) in [4.78, 5) is 12.2. The van der Waals surface area contributed by atoms with E-state index >= 15 is 0 Å². The molecule has 0 saturated heterocycles. The van der Waals surface area contributed by atoms with Gasteiger partial charge in [0.05, 0.1) is 11.7 Å². The van der Waals surface area contributed by atoms with E-state index in [-0.39, 0.29) is 11.3 Å². The van der Waals surface area contributed by atoms with Gasteiger partial charge < -0.3 is 20.5 Å². The van der Waals surface area contributed by atoms with Crippen LogP contribution in [0, 0.1) is 5.41 Å². The van der Waals surface area contributed by atoms with Crippen LogP contribution in [-0.4, -0.2) is 25.2 Å². The van der Waals surface area contributed by atoms with Gasteiger partial charge >= 0.3 is 0 Å². The second kappa shape index (κ2) is 5.61. The lowest BCUT2D eigenvalue weighted by atomic mass is 9.87. The van der Waals surface area contributed by atoms with Crippen LogP contribution in [0.3, 0.4) is 0 Å². The molecule has 110 valence electrons. The summed E-state index contributed by atoms with van der Waals surface area (Å²) in [5.41, 5.74) is 6.27. The standard InChI is InChI=1S/C14H19BrN2O3/c1-14(2,3)12(16)13(18)17-9-7-11-10(6-8(9)15)19-4-5-20-11/h6-7,12H,4-5,16H2,1-3H3,(H,17,18). The zero-order valence-electron chi connectivity index (χ0n) is 11.8. The molecule has 1 aromatic rings. The number of benzene rings is 1. The van der Waals surface area contributed by atoms with Gasteiger partial charge in [-0.2, -0.15) is 0 Å². The Morgan fingerprint density at radius 1 is 1.30 bits per heavy atom. The maximum absolute atomic E-state index is 12.2. The van der Waals surface area contributed by atoms with Gasteiger partial charge in [-0.1, -0.05) is 20.8 Å². The molecule has 6 heteroatoms. The zero-order chi connectivity index (χ0) is 14.9. The number of amides is 1. The fraction of sp³-hybridized carbons (Fsp3) is 0.500. The van der Waals surface area contributed by atoms with E-state index in [4.69, 9.17) is 15.2 Å². The number of hydrogen-bond donors (Lipinski definition) is 2. The topological polar surface area (TPSA) is 73.6 Å². The molecule has 1 amide bonds. The van der Waals surface area contributed by atoms with Gasteiger partial charge in [-0.15, -0.1) is 0 Å². The molecule has 1 aromatic carbocycles. The highest BCUT2D eigenvalue weighted by Crippen LogP contribution is 2.38. The summed E-state index contributed by atoms with van der Waals surface area (Å²) in [5.74, 6) is 1.07. The van der Waals surface area contributed by atoms with Crippen molar-refractivity contribution in [2.45, 2.75) is 26.8 Å². The number of rotatable bonds is 2. The van der Waals surface area contributed by atoms with Crippen LogP contribution in [0.1, 0.15) is 20.8 Å². The van der Waals surface area contributed by atoms with E-state index in [1.54, 1.807) is 12.1 Å². The summed E-state index contributed by atoms with van der Waals surface area (Å²) < 4.78 is 11.7. The first-order valence-corrected chi connectivity index (χ1v) is 7.24. The number of nitrogens with one attached hydrogen (secondary N) is 1. The molecule has 0 aliphatic carbocycles. The molecule has 0 spiro atoms. The molecule has 0 fully saturated rings. The van der Waals surface area contributed by atoms with Crippen LogP contribution in [0.2, 0.25) is 0 Å². The van der Waals surface area contributed by atoms with Crippen LogP contribution in [0.5, 0.6) is 11.5 Å². The van der Waals surface area contributed by atoms with E-state index in [0.717, 1.165) is 4.47 Å². The van der Waals surface area contributed by atoms with Gasteiger partial charge in [0, 0.05) is 16.6 Å². The van der Waals surface area contributed by atoms with Gasteiger partial charge in [-0.05, 0) is 21.3 Å². The molecule has 1 aliphatic heterocycles. The van der Waals surface area contributed by atoms with Crippen molar-refractivity contribution in [1.82, 2.24) is 0 Å². The number of halogens is 1. The molecular weight excluding hydrogens is 324 g/mol. The summed E-state index contributed by atoms with van der Waals surface area (Å²) >= 11 is 3.41. The molecule has 3 N–H and O–H groups in total. The Balaban J connectivity index is 2.19. The lowest BCUT2D eigenvalue weighted by molar-refractivity contribution is -0.119. The summed E-state index contributed by atoms with van der Waals surface area (Å²) in [6.07, 6.45) is 0. The normalized spacial score (nSPS) is 15.7. The predicted octanol–water partition coefficient (Wildman–Crippen LogP) is 2.53. The van der Waals surface area contributed by atoms with Crippen LogP contribution in [0.25, 0.3) is 0 Å². The monoisotopic (exact) mass is 342 g/mol. The Hall–Kier alpha value is -1.27. The molecule has 0 aromatic heterocycles. The Morgan fingerprint density at radius 3 is 2.40 bits per heavy atom. The highest BCUT2D eigenvalue weighted by atomic mass is 79.9. The second-order valence-electron chi connectivity index (χ2n) is 5.81. The van der Waals surface area contributed by atoms with Crippen LogP contribution >= 0.6 is 15.9 Å². The minimum absolute atomic E-state index is 0.227. The molecule has 1 heterocycles. The molecule has 1 aliphatic rings. The third kappa shape index (κ3) is 3.24. The minimum Gasteiger partial charge on any atom is -0.486 e. The summed E-state index contributed by atoms with van der Waals surface area (Å²) in [6, 6.07) is 2.93. The van der Waals surface area contributed by atoms with Gasteiger partial charge in [-0.25, -0.2) is 0 Å². The Kier molecular flexibility index (Phi) is 4.25. The first-order valence-electron chi connectivity index (χ1n) is 6.44. The van der Waals surface area contributed by atoms with Crippen molar-refractivity contribution in [2.24, 2.45) is 11.1 Å².